The van der Waals surface area contributed by atoms with E-state index in [2.05, 4.69) is 40.1 Å². The monoisotopic (exact) mass is 342 g/mol. The Morgan fingerprint density at radius 2 is 2.38 bits per heavy atom. The molecule has 0 fully saturated rings. The Morgan fingerprint density at radius 3 is 3.08 bits per heavy atom. The molecule has 2 aromatic rings. The Balaban J connectivity index is 1.70. The van der Waals surface area contributed by atoms with Gasteiger partial charge < -0.3 is 15.5 Å². The molecule has 1 atom stereocenters. The smallest absolute Gasteiger partial charge is 0.319 e. The molecule has 24 heavy (non-hydrogen) atoms. The second-order valence-corrected chi connectivity index (χ2v) is 6.72. The number of benzene rings is 1. The maximum atomic E-state index is 12.3. The van der Waals surface area contributed by atoms with Crippen LogP contribution in [0.1, 0.15) is 30.9 Å². The average Bonchev–Trinajstić information content (AvgIpc) is 3.23. The fraction of sp³-hybridized carbons (Fsp3) is 0.333. The number of nitrogens with zero attached hydrogens (tertiary/aromatic N) is 2. The standard InChI is InChI=1S/C18H22N4OS/c1-3-6-14(4-2)20-17(23)21-16-8-5-7-13-11-22(12-15(13)16)18-19-9-10-24-18/h3,5,7-10,14H,1,4,6,11-12H2,2H3,(H2,20,21,23)/t14-/m0/s1. The third kappa shape index (κ3) is 3.59. The minimum Gasteiger partial charge on any atom is -0.339 e. The molecule has 5 nitrogen and oxygen atoms in total. The van der Waals surface area contributed by atoms with Crippen LogP contribution in [0, 0.1) is 0 Å². The van der Waals surface area contributed by atoms with Gasteiger partial charge in [-0.05, 0) is 24.5 Å². The molecule has 1 aliphatic heterocycles. The normalized spacial score (nSPS) is 14.1. The van der Waals surface area contributed by atoms with Crippen molar-refractivity contribution in [2.75, 3.05) is 10.2 Å². The van der Waals surface area contributed by atoms with Crippen molar-refractivity contribution in [2.24, 2.45) is 0 Å². The lowest BCUT2D eigenvalue weighted by Gasteiger charge is -2.17. The minimum absolute atomic E-state index is 0.117. The highest BCUT2D eigenvalue weighted by Gasteiger charge is 2.24. The number of hydrogen-bond donors (Lipinski definition) is 2. The number of carbonyl (C=O) groups is 1. The quantitative estimate of drug-likeness (QED) is 0.776. The minimum atomic E-state index is -0.162. The van der Waals surface area contributed by atoms with Gasteiger partial charge in [0.2, 0.25) is 0 Å². The van der Waals surface area contributed by atoms with Crippen LogP contribution in [-0.2, 0) is 13.1 Å². The molecule has 1 aromatic heterocycles. The van der Waals surface area contributed by atoms with E-state index in [1.807, 2.05) is 29.8 Å². The molecular formula is C18H22N4OS. The first-order valence-electron chi connectivity index (χ1n) is 8.15. The van der Waals surface area contributed by atoms with Gasteiger partial charge in [0.1, 0.15) is 0 Å². The molecule has 2 N–H and O–H groups in total. The SMILES string of the molecule is C=CC[C@H](CC)NC(=O)Nc1cccc2c1CN(c1nccs1)C2. The molecule has 0 saturated heterocycles. The first-order valence-corrected chi connectivity index (χ1v) is 9.02. The van der Waals surface area contributed by atoms with E-state index in [0.29, 0.717) is 0 Å². The molecule has 0 bridgehead atoms. The highest BCUT2D eigenvalue weighted by Crippen LogP contribution is 2.33. The number of urea groups is 1. The van der Waals surface area contributed by atoms with Gasteiger partial charge in [-0.1, -0.05) is 25.1 Å². The second-order valence-electron chi connectivity index (χ2n) is 5.84. The Hall–Kier alpha value is -2.34. The number of nitrogens with one attached hydrogen (secondary N) is 2. The average molecular weight is 342 g/mol. The summed E-state index contributed by atoms with van der Waals surface area (Å²) in [5.74, 6) is 0. The molecule has 1 aromatic carbocycles. The molecule has 0 aliphatic carbocycles. The van der Waals surface area contributed by atoms with Crippen LogP contribution in [0.4, 0.5) is 15.6 Å². The summed E-state index contributed by atoms with van der Waals surface area (Å²) in [6, 6.07) is 6.01. The van der Waals surface area contributed by atoms with Gasteiger partial charge in [0.05, 0.1) is 0 Å². The summed E-state index contributed by atoms with van der Waals surface area (Å²) >= 11 is 1.63. The van der Waals surface area contributed by atoms with Crippen molar-refractivity contribution in [1.29, 1.82) is 0 Å². The molecule has 2 amide bonds. The number of thiazole rings is 1. The Morgan fingerprint density at radius 1 is 1.50 bits per heavy atom. The van der Waals surface area contributed by atoms with E-state index in [9.17, 15) is 4.79 Å². The summed E-state index contributed by atoms with van der Waals surface area (Å²) in [5, 5.41) is 9.00. The molecule has 2 heterocycles. The Labute approximate surface area is 146 Å². The zero-order valence-electron chi connectivity index (χ0n) is 13.8. The van der Waals surface area contributed by atoms with E-state index in [-0.39, 0.29) is 12.1 Å². The van der Waals surface area contributed by atoms with Crippen molar-refractivity contribution < 1.29 is 4.79 Å². The number of fused-ring (bicyclic) bond motifs is 1. The van der Waals surface area contributed by atoms with Gasteiger partial charge in [0.25, 0.3) is 0 Å². The molecule has 0 radical (unpaired) electrons. The lowest BCUT2D eigenvalue weighted by atomic mass is 10.1. The van der Waals surface area contributed by atoms with E-state index in [1.54, 1.807) is 11.3 Å². The third-order valence-corrected chi connectivity index (χ3v) is 5.03. The van der Waals surface area contributed by atoms with Crippen LogP contribution >= 0.6 is 11.3 Å². The van der Waals surface area contributed by atoms with Crippen molar-refractivity contribution in [1.82, 2.24) is 10.3 Å². The van der Waals surface area contributed by atoms with Crippen LogP contribution in [0.15, 0.2) is 42.4 Å². The van der Waals surface area contributed by atoms with Gasteiger partial charge in [-0.15, -0.1) is 17.9 Å². The lowest BCUT2D eigenvalue weighted by Crippen LogP contribution is -2.37. The summed E-state index contributed by atoms with van der Waals surface area (Å²) in [5.41, 5.74) is 3.28. The van der Waals surface area contributed by atoms with E-state index in [4.69, 9.17) is 0 Å². The summed E-state index contributed by atoms with van der Waals surface area (Å²) in [6.45, 7) is 7.39. The van der Waals surface area contributed by atoms with E-state index in [1.165, 1.54) is 11.1 Å². The van der Waals surface area contributed by atoms with E-state index in [0.717, 1.165) is 36.8 Å². The van der Waals surface area contributed by atoms with E-state index >= 15 is 0 Å². The van der Waals surface area contributed by atoms with Crippen LogP contribution in [0.3, 0.4) is 0 Å². The number of carbonyl (C=O) groups excluding carboxylic acids is 1. The maximum absolute atomic E-state index is 12.3. The highest BCUT2D eigenvalue weighted by molar-refractivity contribution is 7.13. The number of amides is 2. The van der Waals surface area contributed by atoms with Crippen molar-refractivity contribution in [2.45, 2.75) is 38.9 Å². The molecule has 0 spiro atoms. The van der Waals surface area contributed by atoms with Gasteiger partial charge in [0.15, 0.2) is 5.13 Å². The summed E-state index contributed by atoms with van der Waals surface area (Å²) < 4.78 is 0. The molecule has 6 heteroatoms. The van der Waals surface area contributed by atoms with Crippen molar-refractivity contribution in [3.8, 4) is 0 Å². The lowest BCUT2D eigenvalue weighted by molar-refractivity contribution is 0.248. The molecular weight excluding hydrogens is 320 g/mol. The summed E-state index contributed by atoms with van der Waals surface area (Å²) in [7, 11) is 0. The number of anilines is 2. The maximum Gasteiger partial charge on any atom is 0.319 e. The Kier molecular flexibility index (Phi) is 5.15. The summed E-state index contributed by atoms with van der Waals surface area (Å²) in [4.78, 5) is 18.9. The summed E-state index contributed by atoms with van der Waals surface area (Å²) in [6.07, 6.45) is 5.31. The first-order chi connectivity index (χ1) is 11.7. The van der Waals surface area contributed by atoms with Crippen LogP contribution in [0.2, 0.25) is 0 Å². The number of aromatic nitrogens is 1. The second kappa shape index (κ2) is 7.49. The molecule has 126 valence electrons. The fourth-order valence-electron chi connectivity index (χ4n) is 2.92. The van der Waals surface area contributed by atoms with E-state index < -0.39 is 0 Å². The van der Waals surface area contributed by atoms with Gasteiger partial charge in [-0.2, -0.15) is 0 Å². The molecule has 3 rings (SSSR count). The largest absolute Gasteiger partial charge is 0.339 e. The van der Waals surface area contributed by atoms with Crippen molar-refractivity contribution >= 4 is 28.2 Å². The zero-order chi connectivity index (χ0) is 16.9. The van der Waals surface area contributed by atoms with Crippen molar-refractivity contribution in [3.05, 3.63) is 53.6 Å². The first kappa shape index (κ1) is 16.5. The topological polar surface area (TPSA) is 57.3 Å². The Bertz CT molecular complexity index is 714. The van der Waals surface area contributed by atoms with Crippen LogP contribution in [-0.4, -0.2) is 17.1 Å². The highest BCUT2D eigenvalue weighted by atomic mass is 32.1. The van der Waals surface area contributed by atoms with Gasteiger partial charge >= 0.3 is 6.03 Å². The number of hydrogen-bond acceptors (Lipinski definition) is 4. The zero-order valence-corrected chi connectivity index (χ0v) is 14.6. The number of rotatable bonds is 6. The third-order valence-electron chi connectivity index (χ3n) is 4.20. The van der Waals surface area contributed by atoms with Crippen LogP contribution in [0.25, 0.3) is 0 Å². The van der Waals surface area contributed by atoms with Gasteiger partial charge in [-0.25, -0.2) is 9.78 Å². The van der Waals surface area contributed by atoms with Gasteiger partial charge in [0, 0.05) is 42.0 Å². The van der Waals surface area contributed by atoms with Crippen molar-refractivity contribution in [3.63, 3.8) is 0 Å². The fourth-order valence-corrected chi connectivity index (χ4v) is 3.56. The predicted octanol–water partition coefficient (Wildman–Crippen LogP) is 4.14. The predicted molar refractivity (Wildman–Crippen MR) is 99.5 cm³/mol. The molecule has 0 unspecified atom stereocenters. The molecule has 1 aliphatic rings. The van der Waals surface area contributed by atoms with Crippen LogP contribution in [0.5, 0.6) is 0 Å². The molecule has 0 saturated carbocycles. The van der Waals surface area contributed by atoms with Crippen LogP contribution < -0.4 is 15.5 Å². The van der Waals surface area contributed by atoms with Gasteiger partial charge in [-0.3, -0.25) is 0 Å².